The van der Waals surface area contributed by atoms with Crippen LogP contribution >= 0.6 is 11.3 Å². The van der Waals surface area contributed by atoms with E-state index < -0.39 is 28.8 Å². The third-order valence-corrected chi connectivity index (χ3v) is 3.70. The molecule has 0 saturated carbocycles. The first-order valence-corrected chi connectivity index (χ1v) is 6.47. The number of halogens is 3. The number of fused-ring (bicyclic) bond motifs is 1. The molecule has 0 radical (unpaired) electrons. The molecular formula is C14H6F3NOS. The summed E-state index contributed by atoms with van der Waals surface area (Å²) in [6, 6.07) is 4.99. The average molecular weight is 293 g/mol. The first-order chi connectivity index (χ1) is 9.58. The summed E-state index contributed by atoms with van der Waals surface area (Å²) in [6.07, 6.45) is 1.29. The third kappa shape index (κ3) is 1.98. The van der Waals surface area contributed by atoms with Gasteiger partial charge in [-0.1, -0.05) is 0 Å². The topological polar surface area (TPSA) is 30.0 Å². The van der Waals surface area contributed by atoms with Crippen LogP contribution < -0.4 is 0 Å². The Morgan fingerprint density at radius 3 is 2.70 bits per heavy atom. The van der Waals surface area contributed by atoms with Gasteiger partial charge in [0.05, 0.1) is 15.8 Å². The smallest absolute Gasteiger partial charge is 0.197 e. The van der Waals surface area contributed by atoms with Crippen molar-refractivity contribution in [1.82, 2.24) is 4.98 Å². The highest BCUT2D eigenvalue weighted by molar-refractivity contribution is 7.17. The minimum Gasteiger partial charge on any atom is -0.288 e. The lowest BCUT2D eigenvalue weighted by atomic mass is 10.0. The lowest BCUT2D eigenvalue weighted by Gasteiger charge is -2.04. The molecule has 6 heteroatoms. The van der Waals surface area contributed by atoms with Gasteiger partial charge in [-0.2, -0.15) is 0 Å². The number of hydrogen-bond donors (Lipinski definition) is 0. The molecular weight excluding hydrogens is 287 g/mol. The predicted octanol–water partition coefficient (Wildman–Crippen LogP) is 3.94. The molecule has 2 heterocycles. The van der Waals surface area contributed by atoms with E-state index in [0.717, 1.165) is 22.3 Å². The number of aromatic nitrogens is 1. The van der Waals surface area contributed by atoms with Crippen LogP contribution in [-0.2, 0) is 0 Å². The van der Waals surface area contributed by atoms with Crippen molar-refractivity contribution >= 4 is 27.3 Å². The van der Waals surface area contributed by atoms with Gasteiger partial charge in [-0.3, -0.25) is 9.78 Å². The second-order valence-corrected chi connectivity index (χ2v) is 5.03. The number of pyridine rings is 1. The molecule has 3 rings (SSSR count). The van der Waals surface area contributed by atoms with Crippen molar-refractivity contribution < 1.29 is 18.0 Å². The quantitative estimate of drug-likeness (QED) is 0.529. The van der Waals surface area contributed by atoms with E-state index in [1.807, 2.05) is 5.38 Å². The van der Waals surface area contributed by atoms with E-state index in [4.69, 9.17) is 0 Å². The number of hydrogen-bond acceptors (Lipinski definition) is 3. The predicted molar refractivity (Wildman–Crippen MR) is 69.4 cm³/mol. The Kier molecular flexibility index (Phi) is 3.02. The largest absolute Gasteiger partial charge is 0.288 e. The van der Waals surface area contributed by atoms with Crippen LogP contribution in [0.15, 0.2) is 35.8 Å². The molecule has 20 heavy (non-hydrogen) atoms. The number of ketones is 1. The van der Waals surface area contributed by atoms with Gasteiger partial charge in [-0.15, -0.1) is 11.3 Å². The first kappa shape index (κ1) is 12.8. The molecule has 0 amide bonds. The molecule has 1 aromatic carbocycles. The van der Waals surface area contributed by atoms with Crippen LogP contribution in [0.2, 0.25) is 0 Å². The zero-order valence-electron chi connectivity index (χ0n) is 9.86. The van der Waals surface area contributed by atoms with Gasteiger partial charge in [0.15, 0.2) is 23.2 Å². The van der Waals surface area contributed by atoms with E-state index in [1.54, 1.807) is 12.1 Å². The molecule has 2 aromatic heterocycles. The molecule has 0 aliphatic heterocycles. The highest BCUT2D eigenvalue weighted by atomic mass is 32.1. The lowest BCUT2D eigenvalue weighted by molar-refractivity contribution is 0.103. The molecule has 0 atom stereocenters. The fraction of sp³-hybridized carbons (Fsp3) is 0. The fourth-order valence-corrected chi connectivity index (χ4v) is 2.61. The Balaban J connectivity index is 2.10. The number of nitrogens with zero attached hydrogens (tertiary/aromatic N) is 1. The maximum atomic E-state index is 13.6. The third-order valence-electron chi connectivity index (χ3n) is 2.84. The molecule has 3 aromatic rings. The van der Waals surface area contributed by atoms with E-state index in [-0.39, 0.29) is 5.56 Å². The van der Waals surface area contributed by atoms with Crippen LogP contribution in [0.4, 0.5) is 13.2 Å². The van der Waals surface area contributed by atoms with E-state index in [2.05, 4.69) is 4.98 Å². The van der Waals surface area contributed by atoms with Gasteiger partial charge in [-0.05, 0) is 29.6 Å². The van der Waals surface area contributed by atoms with Gasteiger partial charge < -0.3 is 0 Å². The summed E-state index contributed by atoms with van der Waals surface area (Å²) in [6.45, 7) is 0. The summed E-state index contributed by atoms with van der Waals surface area (Å²) < 4.78 is 40.4. The van der Waals surface area contributed by atoms with Gasteiger partial charge in [0, 0.05) is 11.8 Å². The van der Waals surface area contributed by atoms with Gasteiger partial charge in [0.1, 0.15) is 0 Å². The number of benzene rings is 1. The van der Waals surface area contributed by atoms with Crippen LogP contribution in [0.3, 0.4) is 0 Å². The van der Waals surface area contributed by atoms with Gasteiger partial charge in [0.2, 0.25) is 0 Å². The number of rotatable bonds is 2. The van der Waals surface area contributed by atoms with Crippen molar-refractivity contribution in [3.05, 3.63) is 64.4 Å². The van der Waals surface area contributed by atoms with Crippen LogP contribution in [0.25, 0.3) is 10.2 Å². The summed E-state index contributed by atoms with van der Waals surface area (Å²) >= 11 is 1.38. The van der Waals surface area contributed by atoms with E-state index >= 15 is 0 Å². The lowest BCUT2D eigenvalue weighted by Crippen LogP contribution is -2.07. The van der Waals surface area contributed by atoms with E-state index in [0.29, 0.717) is 0 Å². The van der Waals surface area contributed by atoms with Crippen LogP contribution in [0, 0.1) is 17.5 Å². The van der Waals surface area contributed by atoms with Gasteiger partial charge >= 0.3 is 0 Å². The summed E-state index contributed by atoms with van der Waals surface area (Å²) in [5.41, 5.74) is 0.337. The van der Waals surface area contributed by atoms with Gasteiger partial charge in [-0.25, -0.2) is 13.2 Å². The van der Waals surface area contributed by atoms with Gasteiger partial charge in [0.25, 0.3) is 0 Å². The van der Waals surface area contributed by atoms with E-state index in [1.165, 1.54) is 17.5 Å². The van der Waals surface area contributed by atoms with Crippen LogP contribution in [0.5, 0.6) is 0 Å². The minimum absolute atomic E-state index is 0.129. The second kappa shape index (κ2) is 4.72. The molecule has 0 saturated heterocycles. The minimum atomic E-state index is -1.65. The molecule has 0 spiro atoms. The second-order valence-electron chi connectivity index (χ2n) is 4.08. The SMILES string of the molecule is O=C(c1cnc2ccsc2c1)c1ccc(F)c(F)c1F. The molecule has 100 valence electrons. The Morgan fingerprint density at radius 1 is 1.10 bits per heavy atom. The zero-order chi connectivity index (χ0) is 14.3. The highest BCUT2D eigenvalue weighted by Gasteiger charge is 2.20. The summed E-state index contributed by atoms with van der Waals surface area (Å²) in [5, 5.41) is 1.81. The Labute approximate surface area is 115 Å². The van der Waals surface area contributed by atoms with Crippen molar-refractivity contribution in [2.75, 3.05) is 0 Å². The van der Waals surface area contributed by atoms with Crippen LogP contribution in [-0.4, -0.2) is 10.8 Å². The molecule has 0 unspecified atom stereocenters. The van der Waals surface area contributed by atoms with Crippen molar-refractivity contribution in [3.8, 4) is 0 Å². The fourth-order valence-electron chi connectivity index (χ4n) is 1.83. The maximum Gasteiger partial charge on any atom is 0.197 e. The Hall–Kier alpha value is -2.21. The summed E-state index contributed by atoms with van der Waals surface area (Å²) in [5.74, 6) is -5.20. The first-order valence-electron chi connectivity index (χ1n) is 5.59. The zero-order valence-corrected chi connectivity index (χ0v) is 10.7. The molecule has 2 nitrogen and oxygen atoms in total. The van der Waals surface area contributed by atoms with Crippen molar-refractivity contribution in [3.63, 3.8) is 0 Å². The number of carbonyl (C=O) groups is 1. The average Bonchev–Trinajstić information content (AvgIpc) is 2.91. The summed E-state index contributed by atoms with van der Waals surface area (Å²) in [7, 11) is 0. The van der Waals surface area contributed by atoms with Crippen molar-refractivity contribution in [1.29, 1.82) is 0 Å². The Morgan fingerprint density at radius 2 is 1.90 bits per heavy atom. The summed E-state index contributed by atoms with van der Waals surface area (Å²) in [4.78, 5) is 16.2. The van der Waals surface area contributed by atoms with Crippen molar-refractivity contribution in [2.24, 2.45) is 0 Å². The standard InChI is InChI=1S/C14H6F3NOS/c15-9-2-1-8(12(16)13(9)17)14(19)7-5-11-10(18-6-7)3-4-20-11/h1-6H. The maximum absolute atomic E-state index is 13.6. The number of carbonyl (C=O) groups excluding carboxylic acids is 1. The molecule has 0 N–H and O–H groups in total. The molecule has 0 bridgehead atoms. The molecule has 0 aliphatic carbocycles. The molecule has 0 fully saturated rings. The van der Waals surface area contributed by atoms with E-state index in [9.17, 15) is 18.0 Å². The monoisotopic (exact) mass is 293 g/mol. The normalized spacial score (nSPS) is 10.9. The van der Waals surface area contributed by atoms with Crippen LogP contribution in [0.1, 0.15) is 15.9 Å². The highest BCUT2D eigenvalue weighted by Crippen LogP contribution is 2.23. The molecule has 0 aliphatic rings. The number of thiophene rings is 1. The Bertz CT molecular complexity index is 828. The van der Waals surface area contributed by atoms with Crippen molar-refractivity contribution in [2.45, 2.75) is 0 Å².